The minimum atomic E-state index is -0.888. The Morgan fingerprint density at radius 3 is 2.71 bits per heavy atom. The average Bonchev–Trinajstić information content (AvgIpc) is 3.23. The van der Waals surface area contributed by atoms with E-state index in [1.54, 1.807) is 6.20 Å². The molecule has 3 atom stereocenters. The number of para-hydroxylation sites is 1. The monoisotopic (exact) mass is 380 g/mol. The number of carbonyl (C=O) groups is 1. The van der Waals surface area contributed by atoms with Gasteiger partial charge in [0.25, 0.3) is 0 Å². The van der Waals surface area contributed by atoms with E-state index in [4.69, 9.17) is 0 Å². The lowest BCUT2D eigenvalue weighted by molar-refractivity contribution is -0.123. The second kappa shape index (κ2) is 6.71. The van der Waals surface area contributed by atoms with Crippen molar-refractivity contribution < 1.29 is 9.90 Å². The first-order valence-electron chi connectivity index (χ1n) is 10.4. The predicted molar refractivity (Wildman–Crippen MR) is 107 cm³/mol. The molecule has 1 aromatic carbocycles. The summed E-state index contributed by atoms with van der Waals surface area (Å²) in [5.74, 6) is 0.937. The number of fused-ring (bicyclic) bond motifs is 3. The first-order chi connectivity index (χ1) is 13.5. The molecule has 0 radical (unpaired) electrons. The third-order valence-electron chi connectivity index (χ3n) is 6.88. The number of aromatic nitrogens is 2. The van der Waals surface area contributed by atoms with Crippen molar-refractivity contribution >= 4 is 11.6 Å². The Hall–Kier alpha value is -2.18. The van der Waals surface area contributed by atoms with Gasteiger partial charge < -0.3 is 14.6 Å². The lowest BCUT2D eigenvalue weighted by Gasteiger charge is -2.43. The molecular weight excluding hydrogens is 352 g/mol. The van der Waals surface area contributed by atoms with Crippen LogP contribution >= 0.6 is 0 Å². The van der Waals surface area contributed by atoms with E-state index in [-0.39, 0.29) is 18.0 Å². The number of nitrogens with zero attached hydrogens (tertiary/aromatic N) is 4. The Labute approximate surface area is 165 Å². The Morgan fingerprint density at radius 1 is 1.25 bits per heavy atom. The van der Waals surface area contributed by atoms with Gasteiger partial charge in [-0.05, 0) is 50.2 Å². The number of carbonyl (C=O) groups excluding carboxylic acids is 1. The molecular formula is C22H28N4O2. The van der Waals surface area contributed by atoms with Gasteiger partial charge in [0.15, 0.2) is 0 Å². The van der Waals surface area contributed by atoms with E-state index < -0.39 is 5.60 Å². The van der Waals surface area contributed by atoms with E-state index in [9.17, 15) is 9.90 Å². The summed E-state index contributed by atoms with van der Waals surface area (Å²) in [6.07, 6.45) is 9.09. The van der Waals surface area contributed by atoms with Crippen molar-refractivity contribution in [1.82, 2.24) is 14.5 Å². The molecule has 3 aliphatic heterocycles. The van der Waals surface area contributed by atoms with Crippen molar-refractivity contribution in [2.75, 3.05) is 18.0 Å². The smallest absolute Gasteiger partial charge is 0.241 e. The van der Waals surface area contributed by atoms with Crippen molar-refractivity contribution in [3.8, 4) is 0 Å². The van der Waals surface area contributed by atoms with Crippen LogP contribution in [0.15, 0.2) is 36.7 Å². The molecule has 2 aromatic rings. The summed E-state index contributed by atoms with van der Waals surface area (Å²) in [4.78, 5) is 21.9. The average molecular weight is 380 g/mol. The van der Waals surface area contributed by atoms with Crippen LogP contribution < -0.4 is 4.90 Å². The van der Waals surface area contributed by atoms with Gasteiger partial charge in [-0.1, -0.05) is 18.2 Å². The Bertz CT molecular complexity index is 878. The molecule has 1 N–H and O–H groups in total. The van der Waals surface area contributed by atoms with Gasteiger partial charge >= 0.3 is 0 Å². The maximum atomic E-state index is 13.2. The number of benzene rings is 1. The third kappa shape index (κ3) is 2.86. The zero-order valence-electron chi connectivity index (χ0n) is 16.4. The summed E-state index contributed by atoms with van der Waals surface area (Å²) in [5, 5.41) is 11.3. The summed E-state index contributed by atoms with van der Waals surface area (Å²) >= 11 is 0. The molecule has 1 aromatic heterocycles. The second-order valence-corrected chi connectivity index (χ2v) is 8.64. The first-order valence-corrected chi connectivity index (χ1v) is 10.4. The molecule has 0 saturated carbocycles. The highest BCUT2D eigenvalue weighted by atomic mass is 16.3. The molecule has 2 fully saturated rings. The number of aliphatic hydroxyl groups is 1. The molecule has 4 heterocycles. The normalized spacial score (nSPS) is 29.7. The molecule has 6 nitrogen and oxygen atoms in total. The Balaban J connectivity index is 1.33. The first kappa shape index (κ1) is 17.9. The van der Waals surface area contributed by atoms with Crippen molar-refractivity contribution in [3.05, 3.63) is 48.0 Å². The van der Waals surface area contributed by atoms with Crippen molar-refractivity contribution in [3.63, 3.8) is 0 Å². The number of aryl methyl sites for hydroxylation is 2. The molecule has 148 valence electrons. The van der Waals surface area contributed by atoms with Gasteiger partial charge in [-0.15, -0.1) is 0 Å². The zero-order chi connectivity index (χ0) is 19.3. The Kier molecular flexibility index (Phi) is 4.29. The molecule has 2 saturated heterocycles. The van der Waals surface area contributed by atoms with Crippen LogP contribution in [0.25, 0.3) is 0 Å². The molecule has 2 bridgehead atoms. The van der Waals surface area contributed by atoms with Crippen LogP contribution in [0.4, 0.5) is 5.69 Å². The zero-order valence-corrected chi connectivity index (χ0v) is 16.4. The van der Waals surface area contributed by atoms with Crippen molar-refractivity contribution in [1.29, 1.82) is 0 Å². The van der Waals surface area contributed by atoms with Crippen LogP contribution in [0.3, 0.4) is 0 Å². The van der Waals surface area contributed by atoms with Crippen LogP contribution in [0.2, 0.25) is 0 Å². The molecule has 0 aliphatic carbocycles. The van der Waals surface area contributed by atoms with Gasteiger partial charge in [-0.2, -0.15) is 0 Å². The van der Waals surface area contributed by atoms with E-state index in [2.05, 4.69) is 28.1 Å². The van der Waals surface area contributed by atoms with Gasteiger partial charge in [0.05, 0.1) is 6.54 Å². The summed E-state index contributed by atoms with van der Waals surface area (Å²) in [6, 6.07) is 8.75. The van der Waals surface area contributed by atoms with Gasteiger partial charge in [0, 0.05) is 43.8 Å². The largest absolute Gasteiger partial charge is 0.382 e. The number of imidazole rings is 1. The van der Waals surface area contributed by atoms with Gasteiger partial charge in [-0.3, -0.25) is 9.69 Å². The fourth-order valence-corrected chi connectivity index (χ4v) is 5.61. The summed E-state index contributed by atoms with van der Waals surface area (Å²) in [5.41, 5.74) is 1.46. The van der Waals surface area contributed by atoms with Crippen LogP contribution in [0, 0.1) is 0 Å². The molecule has 6 heteroatoms. The number of rotatable bonds is 3. The highest BCUT2D eigenvalue weighted by Crippen LogP contribution is 2.45. The Morgan fingerprint density at radius 2 is 2.00 bits per heavy atom. The lowest BCUT2D eigenvalue weighted by atomic mass is 9.85. The van der Waals surface area contributed by atoms with E-state index in [1.165, 1.54) is 5.56 Å². The lowest BCUT2D eigenvalue weighted by Crippen LogP contribution is -2.54. The van der Waals surface area contributed by atoms with E-state index >= 15 is 0 Å². The highest BCUT2D eigenvalue weighted by Gasteiger charge is 2.50. The molecule has 3 aliphatic rings. The minimum Gasteiger partial charge on any atom is -0.382 e. The summed E-state index contributed by atoms with van der Waals surface area (Å²) in [7, 11) is 1.94. The number of piperidine rings is 1. The molecule has 28 heavy (non-hydrogen) atoms. The van der Waals surface area contributed by atoms with Gasteiger partial charge in [-0.25, -0.2) is 4.98 Å². The topological polar surface area (TPSA) is 61.6 Å². The van der Waals surface area contributed by atoms with Crippen LogP contribution in [-0.4, -0.2) is 50.6 Å². The van der Waals surface area contributed by atoms with Crippen molar-refractivity contribution in [2.45, 2.75) is 56.2 Å². The predicted octanol–water partition coefficient (Wildman–Crippen LogP) is 2.21. The molecule has 0 spiro atoms. The van der Waals surface area contributed by atoms with Gasteiger partial charge in [0.2, 0.25) is 5.91 Å². The number of hydrogen-bond acceptors (Lipinski definition) is 4. The number of amides is 1. The number of hydrogen-bond donors (Lipinski definition) is 1. The van der Waals surface area contributed by atoms with Crippen LogP contribution in [0.5, 0.6) is 0 Å². The number of anilines is 1. The minimum absolute atomic E-state index is 0.187. The summed E-state index contributed by atoms with van der Waals surface area (Å²) < 4.78 is 1.92. The van der Waals surface area contributed by atoms with Crippen LogP contribution in [0.1, 0.15) is 43.5 Å². The van der Waals surface area contributed by atoms with E-state index in [0.717, 1.165) is 43.7 Å². The molecule has 5 rings (SSSR count). The maximum Gasteiger partial charge on any atom is 0.241 e. The second-order valence-electron chi connectivity index (χ2n) is 8.64. The molecule has 1 amide bonds. The van der Waals surface area contributed by atoms with Gasteiger partial charge in [0.1, 0.15) is 11.4 Å². The van der Waals surface area contributed by atoms with E-state index in [0.29, 0.717) is 19.4 Å². The fraction of sp³-hybridized carbons (Fsp3) is 0.545. The van der Waals surface area contributed by atoms with E-state index in [1.807, 2.05) is 28.8 Å². The molecule has 1 unspecified atom stereocenters. The third-order valence-corrected chi connectivity index (χ3v) is 6.88. The quantitative estimate of drug-likeness (QED) is 0.887. The van der Waals surface area contributed by atoms with Crippen LogP contribution in [-0.2, 0) is 23.9 Å². The standard InChI is InChI=1S/C22H28N4O2/c1-24-12-10-23-21(24)22(28)13-17-8-9-18(14-22)26(17)15-20(27)25-11-4-6-16-5-2-3-7-19(16)25/h2-3,5,7,10,12,17-18,28H,4,6,8-9,11,13-15H2,1H3/t17-,18+,22?. The SMILES string of the molecule is Cn1ccnc1C1(O)C[C@H]2CC[C@@H](C1)N2CC(=O)N1CCCc2ccccc21. The fourth-order valence-electron chi connectivity index (χ4n) is 5.61. The summed E-state index contributed by atoms with van der Waals surface area (Å²) in [6.45, 7) is 1.25. The van der Waals surface area contributed by atoms with Crippen molar-refractivity contribution in [2.24, 2.45) is 7.05 Å². The highest BCUT2D eigenvalue weighted by molar-refractivity contribution is 5.96. The maximum absolute atomic E-state index is 13.2.